The van der Waals surface area contributed by atoms with Crippen LogP contribution in [0.2, 0.25) is 0 Å². The molecule has 3 heterocycles. The molecule has 0 amide bonds. The number of hydrogen-bond acceptors (Lipinski definition) is 9. The maximum Gasteiger partial charge on any atom is 0.335 e. The van der Waals surface area contributed by atoms with Gasteiger partial charge in [0.25, 0.3) is 0 Å². The maximum absolute atomic E-state index is 12.9. The van der Waals surface area contributed by atoms with E-state index in [9.17, 15) is 19.5 Å². The van der Waals surface area contributed by atoms with Crippen LogP contribution in [-0.4, -0.2) is 72.9 Å². The van der Waals surface area contributed by atoms with E-state index in [1.54, 1.807) is 6.92 Å². The molecule has 2 spiro atoms. The van der Waals surface area contributed by atoms with Gasteiger partial charge in [0.15, 0.2) is 6.10 Å². The molecule has 8 atom stereocenters. The van der Waals surface area contributed by atoms with Crippen molar-refractivity contribution in [1.29, 1.82) is 0 Å². The van der Waals surface area contributed by atoms with Gasteiger partial charge >= 0.3 is 17.9 Å². The molecule has 196 valence electrons. The number of allylic oxidation sites excluding steroid dienone is 3. The van der Waals surface area contributed by atoms with Crippen molar-refractivity contribution in [1.82, 2.24) is 0 Å². The molecule has 1 saturated carbocycles. The van der Waals surface area contributed by atoms with Gasteiger partial charge in [-0.25, -0.2) is 14.4 Å². The van der Waals surface area contributed by atoms with Crippen LogP contribution in [0.15, 0.2) is 36.0 Å². The minimum Gasteiger partial charge on any atom is -0.463 e. The second-order valence-electron chi connectivity index (χ2n) is 11.0. The van der Waals surface area contributed by atoms with Gasteiger partial charge in [-0.15, -0.1) is 0 Å². The molecule has 0 aromatic carbocycles. The van der Waals surface area contributed by atoms with Gasteiger partial charge in [-0.05, 0) is 32.1 Å². The Morgan fingerprint density at radius 1 is 1.03 bits per heavy atom. The molecule has 0 radical (unpaired) electrons. The van der Waals surface area contributed by atoms with E-state index >= 15 is 0 Å². The summed E-state index contributed by atoms with van der Waals surface area (Å²) in [6.45, 7) is 6.34. The topological polar surface area (TPSA) is 121 Å². The second-order valence-corrected chi connectivity index (χ2v) is 11.0. The molecule has 2 aliphatic carbocycles. The Labute approximate surface area is 210 Å². The van der Waals surface area contributed by atoms with Gasteiger partial charge < -0.3 is 28.8 Å². The number of epoxide rings is 1. The SMILES string of the molecule is CC1=C[C@H]2O[C@@H]3C[C@H]4OC(=O)/C=C/C=C/C(=O)OCC[C@@H](C)[C@@H](O)C(=O)OC[C@@]2(CC1)[C@]4(C)[C@@]31CO1. The quantitative estimate of drug-likeness (QED) is 0.230. The summed E-state index contributed by atoms with van der Waals surface area (Å²) in [5, 5.41) is 10.6. The highest BCUT2D eigenvalue weighted by Gasteiger charge is 2.83. The molecule has 5 aliphatic rings. The van der Waals surface area contributed by atoms with Gasteiger partial charge in [-0.2, -0.15) is 0 Å². The first kappa shape index (κ1) is 25.2. The van der Waals surface area contributed by atoms with E-state index in [0.29, 0.717) is 19.4 Å². The number of aliphatic hydroxyl groups excluding tert-OH is 1. The monoisotopic (exact) mass is 502 g/mol. The number of carbonyl (C=O) groups is 3. The Morgan fingerprint density at radius 3 is 2.47 bits per heavy atom. The number of cyclic esters (lactones) is 2. The van der Waals surface area contributed by atoms with Gasteiger partial charge in [-0.3, -0.25) is 0 Å². The fourth-order valence-electron chi connectivity index (χ4n) is 6.65. The fourth-order valence-corrected chi connectivity index (χ4v) is 6.65. The van der Waals surface area contributed by atoms with Crippen molar-refractivity contribution >= 4 is 17.9 Å². The van der Waals surface area contributed by atoms with Crippen LogP contribution in [0.25, 0.3) is 0 Å². The molecule has 36 heavy (non-hydrogen) atoms. The van der Waals surface area contributed by atoms with Gasteiger partial charge in [0, 0.05) is 24.0 Å². The summed E-state index contributed by atoms with van der Waals surface area (Å²) < 4.78 is 29.6. The maximum atomic E-state index is 12.9. The molecular weight excluding hydrogens is 468 g/mol. The van der Waals surface area contributed by atoms with Crippen molar-refractivity contribution in [2.24, 2.45) is 16.7 Å². The van der Waals surface area contributed by atoms with E-state index in [-0.39, 0.29) is 31.8 Å². The summed E-state index contributed by atoms with van der Waals surface area (Å²) in [4.78, 5) is 37.6. The predicted octanol–water partition coefficient (Wildman–Crippen LogP) is 2.17. The van der Waals surface area contributed by atoms with E-state index < -0.39 is 52.5 Å². The molecule has 0 aromatic heterocycles. The summed E-state index contributed by atoms with van der Waals surface area (Å²) in [7, 11) is 0. The molecule has 9 nitrogen and oxygen atoms in total. The molecule has 0 aromatic rings. The first-order valence-electron chi connectivity index (χ1n) is 12.7. The molecule has 0 unspecified atom stereocenters. The number of hydrogen-bond donors (Lipinski definition) is 1. The van der Waals surface area contributed by atoms with Crippen LogP contribution in [0.5, 0.6) is 0 Å². The van der Waals surface area contributed by atoms with E-state index in [2.05, 4.69) is 19.9 Å². The largest absolute Gasteiger partial charge is 0.463 e. The van der Waals surface area contributed by atoms with Crippen LogP contribution in [0.1, 0.15) is 46.5 Å². The Bertz CT molecular complexity index is 1020. The number of esters is 3. The van der Waals surface area contributed by atoms with E-state index in [0.717, 1.165) is 6.42 Å². The minimum atomic E-state index is -1.37. The third-order valence-electron chi connectivity index (χ3n) is 9.12. The van der Waals surface area contributed by atoms with Crippen LogP contribution >= 0.6 is 0 Å². The average molecular weight is 503 g/mol. The smallest absolute Gasteiger partial charge is 0.335 e. The molecular formula is C27H34O9. The Balaban J connectivity index is 1.52. The lowest BCUT2D eigenvalue weighted by Crippen LogP contribution is -2.66. The van der Waals surface area contributed by atoms with Crippen molar-refractivity contribution in [3.8, 4) is 0 Å². The van der Waals surface area contributed by atoms with Crippen molar-refractivity contribution in [3.63, 3.8) is 0 Å². The summed E-state index contributed by atoms with van der Waals surface area (Å²) >= 11 is 0. The average Bonchev–Trinajstić information content (AvgIpc) is 3.62. The normalized spacial score (nSPS) is 46.8. The molecule has 5 rings (SSSR count). The van der Waals surface area contributed by atoms with Gasteiger partial charge in [0.05, 0.1) is 30.8 Å². The zero-order chi connectivity index (χ0) is 25.7. The van der Waals surface area contributed by atoms with Crippen molar-refractivity contribution in [2.45, 2.75) is 76.5 Å². The molecule has 2 bridgehead atoms. The fraction of sp³-hybridized carbons (Fsp3) is 0.667. The van der Waals surface area contributed by atoms with Crippen molar-refractivity contribution in [2.75, 3.05) is 19.8 Å². The molecule has 3 fully saturated rings. The number of aliphatic hydroxyl groups is 1. The standard InChI is InChI=1S/C27H34O9/c1-16-8-10-26-14-33-24(31)23(30)17(2)9-11-32-21(28)6-4-5-7-22(29)36-18-13-20(35-19(26)12-16)27(15-34-27)25(18,26)3/h4-7,12,17-20,23,30H,8-11,13-15H2,1-3H3/b6-4+,7-5+/t17-,18-,19-,20-,23-,25-,26-,27-/m1/s1. The Hall–Kier alpha value is -2.49. The van der Waals surface area contributed by atoms with Crippen LogP contribution in [0, 0.1) is 16.7 Å². The molecule has 3 aliphatic heterocycles. The number of carbonyl (C=O) groups excluding carboxylic acids is 3. The predicted molar refractivity (Wildman–Crippen MR) is 125 cm³/mol. The first-order chi connectivity index (χ1) is 17.1. The third kappa shape index (κ3) is 3.83. The van der Waals surface area contributed by atoms with E-state index in [4.69, 9.17) is 23.7 Å². The summed E-state index contributed by atoms with van der Waals surface area (Å²) in [5.74, 6) is -2.34. The minimum absolute atomic E-state index is 0.00000344. The van der Waals surface area contributed by atoms with Crippen LogP contribution < -0.4 is 0 Å². The Kier molecular flexibility index (Phi) is 6.37. The Morgan fingerprint density at radius 2 is 1.75 bits per heavy atom. The second kappa shape index (κ2) is 9.11. The van der Waals surface area contributed by atoms with Crippen LogP contribution in [0.3, 0.4) is 0 Å². The highest BCUT2D eigenvalue weighted by atomic mass is 16.6. The van der Waals surface area contributed by atoms with E-state index in [1.807, 2.05) is 0 Å². The summed E-state index contributed by atoms with van der Waals surface area (Å²) in [6.07, 6.45) is 7.11. The van der Waals surface area contributed by atoms with Gasteiger partial charge in [0.2, 0.25) is 0 Å². The lowest BCUT2D eigenvalue weighted by molar-refractivity contribution is -0.234. The molecule has 9 heteroatoms. The molecule has 2 saturated heterocycles. The summed E-state index contributed by atoms with van der Waals surface area (Å²) in [5.41, 5.74) is -0.820. The van der Waals surface area contributed by atoms with Crippen LogP contribution in [-0.2, 0) is 38.1 Å². The zero-order valence-electron chi connectivity index (χ0n) is 20.9. The van der Waals surface area contributed by atoms with Crippen molar-refractivity contribution in [3.05, 3.63) is 36.0 Å². The lowest BCUT2D eigenvalue weighted by Gasteiger charge is -2.58. The molecule has 1 N–H and O–H groups in total. The summed E-state index contributed by atoms with van der Waals surface area (Å²) in [6, 6.07) is 0. The third-order valence-corrected chi connectivity index (χ3v) is 9.12. The zero-order valence-corrected chi connectivity index (χ0v) is 20.9. The lowest BCUT2D eigenvalue weighted by atomic mass is 9.51. The highest BCUT2D eigenvalue weighted by molar-refractivity contribution is 5.84. The van der Waals surface area contributed by atoms with Gasteiger partial charge in [-0.1, -0.05) is 37.6 Å². The van der Waals surface area contributed by atoms with E-state index in [1.165, 1.54) is 29.9 Å². The first-order valence-corrected chi connectivity index (χ1v) is 12.7. The van der Waals surface area contributed by atoms with Crippen molar-refractivity contribution < 1.29 is 43.2 Å². The van der Waals surface area contributed by atoms with Gasteiger partial charge in [0.1, 0.15) is 18.3 Å². The number of ether oxygens (including phenoxy) is 5. The number of rotatable bonds is 0. The highest BCUT2D eigenvalue weighted by Crippen LogP contribution is 2.72. The van der Waals surface area contributed by atoms with Crippen LogP contribution in [0.4, 0.5) is 0 Å².